The summed E-state index contributed by atoms with van der Waals surface area (Å²) < 4.78 is 31.1. The zero-order valence-corrected chi connectivity index (χ0v) is 20.2. The molecule has 5 rings (SSSR count). The molecule has 1 unspecified atom stereocenters. The molecule has 0 aliphatic rings. The number of nitrogens with zero attached hydrogens (tertiary/aromatic N) is 4. The summed E-state index contributed by atoms with van der Waals surface area (Å²) in [6.45, 7) is 0.376. The number of fused-ring (bicyclic) bond motifs is 1. The molecule has 0 aliphatic heterocycles. The van der Waals surface area contributed by atoms with E-state index in [1.54, 1.807) is 0 Å². The van der Waals surface area contributed by atoms with Crippen molar-refractivity contribution in [1.82, 2.24) is 19.7 Å². The van der Waals surface area contributed by atoms with Crippen LogP contribution in [0.2, 0.25) is 0 Å². The third-order valence-electron chi connectivity index (χ3n) is 5.99. The van der Waals surface area contributed by atoms with Crippen LogP contribution in [0.25, 0.3) is 10.9 Å². The van der Waals surface area contributed by atoms with Gasteiger partial charge >= 0.3 is 0 Å². The molecule has 35 heavy (non-hydrogen) atoms. The Labute approximate surface area is 209 Å². The van der Waals surface area contributed by atoms with E-state index in [4.69, 9.17) is 0 Å². The highest BCUT2D eigenvalue weighted by atomic mass is 79.9. The molecule has 178 valence electrons. The van der Waals surface area contributed by atoms with E-state index in [1.165, 1.54) is 23.4 Å². The van der Waals surface area contributed by atoms with Gasteiger partial charge in [0, 0.05) is 45.4 Å². The fraction of sp³-hybridized carbons (Fsp3) is 0.154. The monoisotopic (exact) mass is 537 g/mol. The average molecular weight is 538 g/mol. The summed E-state index contributed by atoms with van der Waals surface area (Å²) in [5, 5.41) is 17.1. The number of aromatic amines is 1. The average Bonchev–Trinajstić information content (AvgIpc) is 3.49. The van der Waals surface area contributed by atoms with Crippen molar-refractivity contribution in [3.63, 3.8) is 0 Å². The first-order valence-electron chi connectivity index (χ1n) is 11.0. The van der Waals surface area contributed by atoms with Crippen molar-refractivity contribution < 1.29 is 13.9 Å². The van der Waals surface area contributed by atoms with Gasteiger partial charge in [-0.3, -0.25) is 0 Å². The molecule has 0 spiro atoms. The summed E-state index contributed by atoms with van der Waals surface area (Å²) >= 11 is 3.53. The molecule has 2 N–H and O–H groups in total. The van der Waals surface area contributed by atoms with E-state index < -0.39 is 17.2 Å². The lowest BCUT2D eigenvalue weighted by atomic mass is 9.91. The van der Waals surface area contributed by atoms with Crippen LogP contribution >= 0.6 is 15.9 Å². The van der Waals surface area contributed by atoms with Gasteiger partial charge in [0.05, 0.1) is 13.1 Å². The van der Waals surface area contributed by atoms with Gasteiger partial charge in [-0.2, -0.15) is 5.10 Å². The Hall–Kier alpha value is -3.56. The second kappa shape index (κ2) is 9.59. The summed E-state index contributed by atoms with van der Waals surface area (Å²) in [6.07, 6.45) is 4.73. The van der Waals surface area contributed by atoms with Gasteiger partial charge in [-0.15, -0.1) is 0 Å². The molecular weight excluding hydrogens is 516 g/mol. The minimum Gasteiger partial charge on any atom is -0.381 e. The molecule has 0 radical (unpaired) electrons. The molecule has 2 heterocycles. The number of nitrogens with one attached hydrogen (secondary N) is 1. The van der Waals surface area contributed by atoms with Crippen LogP contribution in [0.1, 0.15) is 11.1 Å². The number of aliphatic hydroxyl groups is 1. The fourth-order valence-corrected chi connectivity index (χ4v) is 4.71. The van der Waals surface area contributed by atoms with Gasteiger partial charge in [0.15, 0.2) is 0 Å². The lowest BCUT2D eigenvalue weighted by molar-refractivity contribution is 0.0182. The number of H-pyrrole nitrogens is 1. The first-order chi connectivity index (χ1) is 16.9. The standard InChI is InChI=1S/C26H22BrF2N5O/c27-19-6-9-25-22(10-19)18(12-31-25)13-33(21-4-2-1-3-5-21)14-26(35,15-34-17-30-16-32-34)23-8-7-20(28)11-24(23)29/h1-12,16-17,31,35H,13-15H2. The van der Waals surface area contributed by atoms with Gasteiger partial charge in [-0.1, -0.05) is 40.2 Å². The highest BCUT2D eigenvalue weighted by Gasteiger charge is 2.36. The van der Waals surface area contributed by atoms with Gasteiger partial charge < -0.3 is 15.0 Å². The molecule has 9 heteroatoms. The van der Waals surface area contributed by atoms with Gasteiger partial charge in [0.2, 0.25) is 0 Å². The zero-order valence-electron chi connectivity index (χ0n) is 18.6. The lowest BCUT2D eigenvalue weighted by Gasteiger charge is -2.36. The molecule has 0 saturated carbocycles. The summed E-state index contributed by atoms with van der Waals surface area (Å²) in [7, 11) is 0. The van der Waals surface area contributed by atoms with Gasteiger partial charge in [-0.25, -0.2) is 18.4 Å². The van der Waals surface area contributed by atoms with Crippen molar-refractivity contribution in [2.45, 2.75) is 18.7 Å². The molecule has 0 fully saturated rings. The Morgan fingerprint density at radius 2 is 1.89 bits per heavy atom. The summed E-state index contributed by atoms with van der Waals surface area (Å²) in [5.74, 6) is -1.53. The van der Waals surface area contributed by atoms with Crippen LogP contribution in [-0.4, -0.2) is 31.4 Å². The van der Waals surface area contributed by atoms with Crippen LogP contribution in [0, 0.1) is 11.6 Å². The largest absolute Gasteiger partial charge is 0.381 e. The van der Waals surface area contributed by atoms with E-state index in [1.807, 2.05) is 59.6 Å². The number of anilines is 1. The third-order valence-corrected chi connectivity index (χ3v) is 6.48. The van der Waals surface area contributed by atoms with Crippen molar-refractivity contribution in [3.8, 4) is 0 Å². The third kappa shape index (κ3) is 4.96. The molecule has 0 amide bonds. The second-order valence-electron chi connectivity index (χ2n) is 8.44. The first-order valence-corrected chi connectivity index (χ1v) is 11.8. The Morgan fingerprint density at radius 1 is 1.06 bits per heavy atom. The predicted molar refractivity (Wildman–Crippen MR) is 134 cm³/mol. The summed E-state index contributed by atoms with van der Waals surface area (Å²) in [4.78, 5) is 9.20. The van der Waals surface area contributed by atoms with Crippen molar-refractivity contribution in [2.24, 2.45) is 0 Å². The number of aromatic nitrogens is 4. The van der Waals surface area contributed by atoms with E-state index in [-0.39, 0.29) is 18.7 Å². The number of rotatable bonds is 8. The molecule has 2 aromatic heterocycles. The molecule has 1 atom stereocenters. The molecule has 5 aromatic rings. The maximum Gasteiger partial charge on any atom is 0.137 e. The number of hydrogen-bond acceptors (Lipinski definition) is 4. The normalized spacial score (nSPS) is 13.1. The van der Waals surface area contributed by atoms with Crippen LogP contribution in [0.3, 0.4) is 0 Å². The SMILES string of the molecule is OC(CN(Cc1c[nH]c2ccc(Br)cc12)c1ccccc1)(Cn1cncn1)c1ccc(F)cc1F. The van der Waals surface area contributed by atoms with Crippen LogP contribution in [0.4, 0.5) is 14.5 Å². The van der Waals surface area contributed by atoms with Crippen LogP contribution in [0.15, 0.2) is 90.1 Å². The highest BCUT2D eigenvalue weighted by Crippen LogP contribution is 2.32. The lowest BCUT2D eigenvalue weighted by Crippen LogP contribution is -2.44. The molecular formula is C26H22BrF2N5O. The number of para-hydroxylation sites is 1. The quantitative estimate of drug-likeness (QED) is 0.278. The second-order valence-corrected chi connectivity index (χ2v) is 9.36. The van der Waals surface area contributed by atoms with E-state index in [0.29, 0.717) is 6.54 Å². The van der Waals surface area contributed by atoms with Crippen molar-refractivity contribution >= 4 is 32.5 Å². The van der Waals surface area contributed by atoms with Crippen LogP contribution in [-0.2, 0) is 18.7 Å². The smallest absolute Gasteiger partial charge is 0.137 e. The van der Waals surface area contributed by atoms with Gasteiger partial charge in [0.25, 0.3) is 0 Å². The molecule has 0 saturated heterocycles. The zero-order chi connectivity index (χ0) is 24.4. The highest BCUT2D eigenvalue weighted by molar-refractivity contribution is 9.10. The van der Waals surface area contributed by atoms with E-state index in [2.05, 4.69) is 31.0 Å². The minimum atomic E-state index is -1.74. The van der Waals surface area contributed by atoms with Gasteiger partial charge in [-0.05, 0) is 42.0 Å². The molecule has 3 aromatic carbocycles. The van der Waals surface area contributed by atoms with E-state index in [9.17, 15) is 13.9 Å². The topological polar surface area (TPSA) is 70.0 Å². The maximum atomic E-state index is 15.0. The Balaban J connectivity index is 1.57. The van der Waals surface area contributed by atoms with Crippen molar-refractivity contribution in [2.75, 3.05) is 11.4 Å². The number of benzene rings is 3. The maximum absolute atomic E-state index is 15.0. The Bertz CT molecular complexity index is 1440. The van der Waals surface area contributed by atoms with Gasteiger partial charge in [0.1, 0.15) is 29.9 Å². The van der Waals surface area contributed by atoms with Crippen LogP contribution < -0.4 is 4.90 Å². The van der Waals surface area contributed by atoms with Crippen LogP contribution in [0.5, 0.6) is 0 Å². The van der Waals surface area contributed by atoms with Crippen molar-refractivity contribution in [3.05, 3.63) is 113 Å². The fourth-order valence-electron chi connectivity index (χ4n) is 4.35. The minimum absolute atomic E-state index is 0.0140. The Kier molecular flexibility index (Phi) is 6.36. The summed E-state index contributed by atoms with van der Waals surface area (Å²) in [6, 6.07) is 18.8. The van der Waals surface area contributed by atoms with E-state index >= 15 is 0 Å². The molecule has 0 aliphatic carbocycles. The van der Waals surface area contributed by atoms with Crippen molar-refractivity contribution in [1.29, 1.82) is 0 Å². The first kappa shape index (κ1) is 23.2. The number of halogens is 3. The molecule has 6 nitrogen and oxygen atoms in total. The predicted octanol–water partition coefficient (Wildman–Crippen LogP) is 5.39. The Morgan fingerprint density at radius 3 is 2.63 bits per heavy atom. The molecule has 0 bridgehead atoms. The summed E-state index contributed by atoms with van der Waals surface area (Å²) in [5.41, 5.74) is 1.08. The number of hydrogen-bond donors (Lipinski definition) is 2. The van der Waals surface area contributed by atoms with E-state index in [0.717, 1.165) is 38.8 Å².